The van der Waals surface area contributed by atoms with Gasteiger partial charge in [-0.05, 0) is 61.3 Å². The predicted molar refractivity (Wildman–Crippen MR) is 138 cm³/mol. The molecule has 5 rings (SSSR count). The molecular formula is C27H32N2O6S. The third kappa shape index (κ3) is 5.05. The van der Waals surface area contributed by atoms with Crippen molar-refractivity contribution in [3.8, 4) is 5.75 Å². The molecule has 2 heterocycles. The summed E-state index contributed by atoms with van der Waals surface area (Å²) in [6, 6.07) is 10.2. The van der Waals surface area contributed by atoms with Crippen LogP contribution in [0.3, 0.4) is 0 Å². The minimum Gasteiger partial charge on any atom is -0.492 e. The normalized spacial score (nSPS) is 20.6. The molecule has 0 bridgehead atoms. The average Bonchev–Trinajstić information content (AvgIpc) is 3.28. The van der Waals surface area contributed by atoms with Crippen molar-refractivity contribution in [3.63, 3.8) is 0 Å². The lowest BCUT2D eigenvalue weighted by Crippen LogP contribution is -2.46. The molecule has 36 heavy (non-hydrogen) atoms. The molecule has 8 nitrogen and oxygen atoms in total. The van der Waals surface area contributed by atoms with Crippen molar-refractivity contribution >= 4 is 43.3 Å². The van der Waals surface area contributed by atoms with E-state index >= 15 is 0 Å². The standard InChI is InChI=1S/C27H32N2O6S/c1-28(19-9-11-29(12-10-19)36(2,32)33)13-14-34-21-5-7-22-18(15-21)3-8-26-27(22)24(17-35-26)23-6-4-20(30)16-25(23)31/h3,5,7-8,15,17,19,23H,4,6,9-14,16H2,1-2H3/t23-/m0/s1. The van der Waals surface area contributed by atoms with Gasteiger partial charge in [-0.2, -0.15) is 0 Å². The fourth-order valence-electron chi connectivity index (χ4n) is 5.52. The number of fused-ring (bicyclic) bond motifs is 3. The molecule has 0 unspecified atom stereocenters. The van der Waals surface area contributed by atoms with Crippen LogP contribution in [-0.4, -0.2) is 74.8 Å². The van der Waals surface area contributed by atoms with Crippen molar-refractivity contribution in [3.05, 3.63) is 42.2 Å². The summed E-state index contributed by atoms with van der Waals surface area (Å²) in [7, 11) is -1.06. The van der Waals surface area contributed by atoms with Crippen LogP contribution in [-0.2, 0) is 19.6 Å². The number of hydrogen-bond acceptors (Lipinski definition) is 7. The van der Waals surface area contributed by atoms with Gasteiger partial charge in [-0.25, -0.2) is 12.7 Å². The van der Waals surface area contributed by atoms with Crippen molar-refractivity contribution in [1.29, 1.82) is 0 Å². The SMILES string of the molecule is CN(CCOc1ccc2c(ccc3occ([C@@H]4CCC(=O)CC4=O)c32)c1)C1CCN(S(C)(=O)=O)CC1. The highest BCUT2D eigenvalue weighted by Crippen LogP contribution is 2.39. The number of Topliss-reactive ketones (excluding diaryl/α,β-unsaturated/α-hetero) is 2. The molecule has 9 heteroatoms. The number of sulfonamides is 1. The van der Waals surface area contributed by atoms with E-state index in [1.165, 1.54) is 6.26 Å². The molecule has 1 atom stereocenters. The summed E-state index contributed by atoms with van der Waals surface area (Å²) in [6.45, 7) is 2.40. The van der Waals surface area contributed by atoms with Crippen LogP contribution in [0.4, 0.5) is 0 Å². The third-order valence-corrected chi connectivity index (χ3v) is 8.93. The fourth-order valence-corrected chi connectivity index (χ4v) is 6.40. The van der Waals surface area contributed by atoms with Gasteiger partial charge in [0.15, 0.2) is 0 Å². The largest absolute Gasteiger partial charge is 0.492 e. The molecule has 2 fully saturated rings. The van der Waals surface area contributed by atoms with Crippen LogP contribution in [0.1, 0.15) is 43.6 Å². The zero-order valence-electron chi connectivity index (χ0n) is 20.7. The van der Waals surface area contributed by atoms with Crippen molar-refractivity contribution in [2.75, 3.05) is 39.5 Å². The van der Waals surface area contributed by atoms with Gasteiger partial charge in [-0.3, -0.25) is 14.5 Å². The highest BCUT2D eigenvalue weighted by molar-refractivity contribution is 7.88. The number of rotatable bonds is 7. The number of nitrogens with zero attached hydrogens (tertiary/aromatic N) is 2. The quantitative estimate of drug-likeness (QED) is 0.445. The summed E-state index contributed by atoms with van der Waals surface area (Å²) in [5.41, 5.74) is 1.60. The molecule has 1 aliphatic heterocycles. The maximum atomic E-state index is 12.6. The van der Waals surface area contributed by atoms with E-state index in [2.05, 4.69) is 11.9 Å². The molecule has 1 saturated carbocycles. The summed E-state index contributed by atoms with van der Waals surface area (Å²) in [4.78, 5) is 26.5. The summed E-state index contributed by atoms with van der Waals surface area (Å²) in [5.74, 6) is 0.453. The maximum absolute atomic E-state index is 12.6. The average molecular weight is 513 g/mol. The molecule has 1 aromatic heterocycles. The zero-order chi connectivity index (χ0) is 25.4. The molecule has 0 amide bonds. The van der Waals surface area contributed by atoms with Crippen molar-refractivity contribution in [2.45, 2.75) is 44.1 Å². The monoisotopic (exact) mass is 512 g/mol. The first-order valence-corrected chi connectivity index (χ1v) is 14.3. The molecule has 1 saturated heterocycles. The number of carbonyl (C=O) groups excluding carboxylic acids is 2. The Balaban J connectivity index is 1.25. The van der Waals surface area contributed by atoms with E-state index in [4.69, 9.17) is 9.15 Å². The molecule has 192 valence electrons. The molecular weight excluding hydrogens is 480 g/mol. The first kappa shape index (κ1) is 24.9. The summed E-state index contributed by atoms with van der Waals surface area (Å²) in [6.07, 6.45) is 5.54. The number of hydrogen-bond donors (Lipinski definition) is 0. The molecule has 1 aliphatic carbocycles. The first-order valence-electron chi connectivity index (χ1n) is 12.5. The smallest absolute Gasteiger partial charge is 0.211 e. The van der Waals surface area contributed by atoms with Gasteiger partial charge in [-0.1, -0.05) is 6.07 Å². The van der Waals surface area contributed by atoms with Crippen molar-refractivity contribution in [1.82, 2.24) is 9.21 Å². The number of piperidine rings is 1. The van der Waals surface area contributed by atoms with Gasteiger partial charge in [-0.15, -0.1) is 0 Å². The van der Waals surface area contributed by atoms with Gasteiger partial charge in [0.05, 0.1) is 18.9 Å². The molecule has 0 radical (unpaired) electrons. The minimum absolute atomic E-state index is 0.00532. The fraction of sp³-hybridized carbons (Fsp3) is 0.481. The Morgan fingerprint density at radius 1 is 1.11 bits per heavy atom. The Morgan fingerprint density at radius 2 is 1.89 bits per heavy atom. The summed E-state index contributed by atoms with van der Waals surface area (Å²) in [5, 5.41) is 2.94. The number of benzene rings is 2. The Morgan fingerprint density at radius 3 is 2.61 bits per heavy atom. The third-order valence-electron chi connectivity index (χ3n) is 7.63. The predicted octanol–water partition coefficient (Wildman–Crippen LogP) is 3.73. The maximum Gasteiger partial charge on any atom is 0.211 e. The number of ketones is 2. The Hall–Kier alpha value is -2.75. The van der Waals surface area contributed by atoms with Gasteiger partial charge in [0.1, 0.15) is 29.5 Å². The van der Waals surface area contributed by atoms with Crippen LogP contribution in [0.5, 0.6) is 5.75 Å². The van der Waals surface area contributed by atoms with E-state index in [1.807, 2.05) is 30.3 Å². The lowest BCUT2D eigenvalue weighted by molar-refractivity contribution is -0.130. The van der Waals surface area contributed by atoms with Crippen LogP contribution < -0.4 is 4.74 Å². The number of carbonyl (C=O) groups is 2. The number of ether oxygens (including phenoxy) is 1. The number of likely N-dealkylation sites (N-methyl/N-ethyl adjacent to an activating group) is 1. The lowest BCUT2D eigenvalue weighted by Gasteiger charge is -2.35. The van der Waals surface area contributed by atoms with Crippen LogP contribution in [0.2, 0.25) is 0 Å². The van der Waals surface area contributed by atoms with E-state index in [-0.39, 0.29) is 23.9 Å². The first-order chi connectivity index (χ1) is 17.2. The van der Waals surface area contributed by atoms with Crippen LogP contribution in [0.15, 0.2) is 41.0 Å². The molecule has 2 aliphatic rings. The number of furan rings is 1. The highest BCUT2D eigenvalue weighted by atomic mass is 32.2. The van der Waals surface area contributed by atoms with E-state index in [1.54, 1.807) is 10.6 Å². The minimum atomic E-state index is -3.12. The van der Waals surface area contributed by atoms with Gasteiger partial charge in [0.2, 0.25) is 10.0 Å². The summed E-state index contributed by atoms with van der Waals surface area (Å²) >= 11 is 0. The molecule has 2 aromatic carbocycles. The molecule has 3 aromatic rings. The Labute approximate surface area is 211 Å². The van der Waals surface area contributed by atoms with Gasteiger partial charge in [0.25, 0.3) is 0 Å². The molecule has 0 N–H and O–H groups in total. The zero-order valence-corrected chi connectivity index (χ0v) is 21.6. The van der Waals surface area contributed by atoms with E-state index < -0.39 is 10.0 Å². The van der Waals surface area contributed by atoms with Gasteiger partial charge >= 0.3 is 0 Å². The van der Waals surface area contributed by atoms with Gasteiger partial charge < -0.3 is 9.15 Å². The topological polar surface area (TPSA) is 97.1 Å². The Bertz CT molecular complexity index is 1400. The summed E-state index contributed by atoms with van der Waals surface area (Å²) < 4.78 is 36.8. The molecule has 0 spiro atoms. The van der Waals surface area contributed by atoms with Crippen molar-refractivity contribution < 1.29 is 27.2 Å². The van der Waals surface area contributed by atoms with Crippen molar-refractivity contribution in [2.24, 2.45) is 0 Å². The second kappa shape index (κ2) is 9.95. The second-order valence-electron chi connectivity index (χ2n) is 10.0. The van der Waals surface area contributed by atoms with E-state index in [0.29, 0.717) is 38.6 Å². The second-order valence-corrected chi connectivity index (χ2v) is 12.0. The highest BCUT2D eigenvalue weighted by Gasteiger charge is 2.31. The Kier molecular flexibility index (Phi) is 6.89. The van der Waals surface area contributed by atoms with Crippen LogP contribution in [0.25, 0.3) is 21.7 Å². The van der Waals surface area contributed by atoms with E-state index in [0.717, 1.165) is 52.4 Å². The lowest BCUT2D eigenvalue weighted by atomic mass is 9.81. The van der Waals surface area contributed by atoms with Crippen LogP contribution in [0, 0.1) is 0 Å². The van der Waals surface area contributed by atoms with E-state index in [9.17, 15) is 18.0 Å². The van der Waals surface area contributed by atoms with Gasteiger partial charge in [0, 0.05) is 49.0 Å². The van der Waals surface area contributed by atoms with Crippen LogP contribution >= 0.6 is 0 Å².